The first-order valence-electron chi connectivity index (χ1n) is 5.93. The second kappa shape index (κ2) is 3.97. The number of nitrogens with one attached hydrogen (secondary N) is 1. The van der Waals surface area contributed by atoms with Gasteiger partial charge >= 0.3 is 0 Å². The van der Waals surface area contributed by atoms with Gasteiger partial charge in [-0.1, -0.05) is 44.2 Å². The Morgan fingerprint density at radius 1 is 1.13 bits per heavy atom. The van der Waals surface area contributed by atoms with E-state index in [1.165, 1.54) is 18.4 Å². The molecule has 1 aliphatic carbocycles. The van der Waals surface area contributed by atoms with Crippen LogP contribution >= 0.6 is 0 Å². The van der Waals surface area contributed by atoms with Gasteiger partial charge in [0.1, 0.15) is 0 Å². The molecule has 1 aliphatic rings. The fourth-order valence-corrected chi connectivity index (χ4v) is 2.93. The van der Waals surface area contributed by atoms with Crippen molar-refractivity contribution < 1.29 is 0 Å². The van der Waals surface area contributed by atoms with Crippen LogP contribution in [0.15, 0.2) is 30.3 Å². The molecule has 0 bridgehead atoms. The number of benzene rings is 1. The van der Waals surface area contributed by atoms with Crippen molar-refractivity contribution in [3.63, 3.8) is 0 Å². The molecule has 0 spiro atoms. The Morgan fingerprint density at radius 3 is 2.13 bits per heavy atom. The lowest BCUT2D eigenvalue weighted by Gasteiger charge is -2.30. The highest BCUT2D eigenvalue weighted by Gasteiger charge is 2.50. The first-order valence-corrected chi connectivity index (χ1v) is 5.93. The lowest BCUT2D eigenvalue weighted by atomic mass is 9.82. The van der Waals surface area contributed by atoms with Crippen molar-refractivity contribution in [1.82, 2.24) is 5.32 Å². The van der Waals surface area contributed by atoms with Crippen LogP contribution < -0.4 is 5.32 Å². The van der Waals surface area contributed by atoms with Gasteiger partial charge in [0.05, 0.1) is 0 Å². The van der Waals surface area contributed by atoms with E-state index in [-0.39, 0.29) is 0 Å². The highest BCUT2D eigenvalue weighted by atomic mass is 14.9. The van der Waals surface area contributed by atoms with Gasteiger partial charge in [-0.15, -0.1) is 0 Å². The van der Waals surface area contributed by atoms with Crippen molar-refractivity contribution in [2.45, 2.75) is 38.1 Å². The Morgan fingerprint density at radius 2 is 1.73 bits per heavy atom. The second-order valence-electron chi connectivity index (χ2n) is 5.03. The molecule has 0 aromatic heterocycles. The van der Waals surface area contributed by atoms with Crippen LogP contribution in [0, 0.1) is 5.92 Å². The van der Waals surface area contributed by atoms with Crippen molar-refractivity contribution in [1.29, 1.82) is 0 Å². The molecule has 0 amide bonds. The second-order valence-corrected chi connectivity index (χ2v) is 5.03. The third-order valence-corrected chi connectivity index (χ3v) is 3.71. The Kier molecular flexibility index (Phi) is 2.83. The predicted octanol–water partition coefficient (Wildman–Crippen LogP) is 2.96. The standard InChI is InChI=1S/C14H21N/c1-11(2)13(15-3)14(9-10-14)12-7-5-4-6-8-12/h4-8,11,13,15H,9-10H2,1-3H3. The minimum Gasteiger partial charge on any atom is -0.316 e. The zero-order valence-electron chi connectivity index (χ0n) is 9.96. The lowest BCUT2D eigenvalue weighted by Crippen LogP contribution is -2.41. The molecule has 0 aliphatic heterocycles. The van der Waals surface area contributed by atoms with Crippen molar-refractivity contribution in [3.8, 4) is 0 Å². The number of hydrogen-bond acceptors (Lipinski definition) is 1. The summed E-state index contributed by atoms with van der Waals surface area (Å²) in [6, 6.07) is 11.6. The molecule has 0 saturated heterocycles. The molecule has 0 heterocycles. The van der Waals surface area contributed by atoms with Gasteiger partial charge in [0.25, 0.3) is 0 Å². The zero-order valence-corrected chi connectivity index (χ0v) is 9.96. The van der Waals surface area contributed by atoms with E-state index in [1.807, 2.05) is 0 Å². The third-order valence-electron chi connectivity index (χ3n) is 3.71. The fraction of sp³-hybridized carbons (Fsp3) is 0.571. The summed E-state index contributed by atoms with van der Waals surface area (Å²) < 4.78 is 0. The van der Waals surface area contributed by atoms with E-state index in [2.05, 4.69) is 56.5 Å². The molecular formula is C14H21N. The SMILES string of the molecule is CNC(C(C)C)C1(c2ccccc2)CC1. The molecule has 1 fully saturated rings. The van der Waals surface area contributed by atoms with Crippen LogP contribution in [0.1, 0.15) is 32.3 Å². The van der Waals surface area contributed by atoms with E-state index in [1.54, 1.807) is 0 Å². The maximum Gasteiger partial charge on any atom is 0.0184 e. The largest absolute Gasteiger partial charge is 0.316 e. The quantitative estimate of drug-likeness (QED) is 0.793. The summed E-state index contributed by atoms with van der Waals surface area (Å²) >= 11 is 0. The molecule has 1 heteroatoms. The van der Waals surface area contributed by atoms with Gasteiger partial charge < -0.3 is 5.32 Å². The molecule has 15 heavy (non-hydrogen) atoms. The summed E-state index contributed by atoms with van der Waals surface area (Å²) in [7, 11) is 2.09. The summed E-state index contributed by atoms with van der Waals surface area (Å²) in [6.45, 7) is 4.62. The van der Waals surface area contributed by atoms with E-state index in [9.17, 15) is 0 Å². The van der Waals surface area contributed by atoms with Gasteiger partial charge in [0.15, 0.2) is 0 Å². The first kappa shape index (κ1) is 10.7. The maximum atomic E-state index is 3.50. The Bertz CT molecular complexity index is 311. The normalized spacial score (nSPS) is 20.3. The molecule has 82 valence electrons. The number of likely N-dealkylation sites (N-methyl/N-ethyl adjacent to an activating group) is 1. The summed E-state index contributed by atoms with van der Waals surface area (Å²) in [5, 5.41) is 3.50. The van der Waals surface area contributed by atoms with Gasteiger partial charge in [-0.2, -0.15) is 0 Å². The van der Waals surface area contributed by atoms with Crippen LogP contribution in [0.2, 0.25) is 0 Å². The van der Waals surface area contributed by atoms with Crippen LogP contribution in [0.25, 0.3) is 0 Å². The van der Waals surface area contributed by atoms with Crippen LogP contribution in [-0.4, -0.2) is 13.1 Å². The van der Waals surface area contributed by atoms with Crippen molar-refractivity contribution in [2.24, 2.45) is 5.92 Å². The van der Waals surface area contributed by atoms with Crippen LogP contribution in [0.5, 0.6) is 0 Å². The van der Waals surface area contributed by atoms with E-state index in [4.69, 9.17) is 0 Å². The predicted molar refractivity (Wildman–Crippen MR) is 65.0 cm³/mol. The summed E-state index contributed by atoms with van der Waals surface area (Å²) in [6.07, 6.45) is 2.67. The fourth-order valence-electron chi connectivity index (χ4n) is 2.93. The minimum absolute atomic E-state index is 0.421. The topological polar surface area (TPSA) is 12.0 Å². The number of rotatable bonds is 4. The van der Waals surface area contributed by atoms with E-state index < -0.39 is 0 Å². The Hall–Kier alpha value is -0.820. The van der Waals surface area contributed by atoms with E-state index in [0.29, 0.717) is 17.4 Å². The van der Waals surface area contributed by atoms with Crippen LogP contribution in [0.4, 0.5) is 0 Å². The van der Waals surface area contributed by atoms with E-state index in [0.717, 1.165) is 0 Å². The summed E-state index contributed by atoms with van der Waals surface area (Å²) in [5.74, 6) is 0.692. The molecule has 2 rings (SSSR count). The van der Waals surface area contributed by atoms with Gasteiger partial charge in [-0.05, 0) is 31.4 Å². The van der Waals surface area contributed by atoms with Gasteiger partial charge in [-0.25, -0.2) is 0 Å². The lowest BCUT2D eigenvalue weighted by molar-refractivity contribution is 0.346. The monoisotopic (exact) mass is 203 g/mol. The van der Waals surface area contributed by atoms with Crippen molar-refractivity contribution >= 4 is 0 Å². The van der Waals surface area contributed by atoms with Crippen LogP contribution in [0.3, 0.4) is 0 Å². The van der Waals surface area contributed by atoms with E-state index >= 15 is 0 Å². The Balaban J connectivity index is 2.27. The molecule has 0 radical (unpaired) electrons. The first-order chi connectivity index (χ1) is 7.20. The highest BCUT2D eigenvalue weighted by Crippen LogP contribution is 2.52. The highest BCUT2D eigenvalue weighted by molar-refractivity contribution is 5.34. The average molecular weight is 203 g/mol. The maximum absolute atomic E-state index is 3.50. The molecule has 1 saturated carbocycles. The smallest absolute Gasteiger partial charge is 0.0184 e. The zero-order chi connectivity index (χ0) is 10.9. The average Bonchev–Trinajstić information content (AvgIpc) is 3.01. The van der Waals surface area contributed by atoms with Crippen molar-refractivity contribution in [2.75, 3.05) is 7.05 Å². The number of hydrogen-bond donors (Lipinski definition) is 1. The van der Waals surface area contributed by atoms with Gasteiger partial charge in [0, 0.05) is 11.5 Å². The van der Waals surface area contributed by atoms with Gasteiger partial charge in [0.2, 0.25) is 0 Å². The molecular weight excluding hydrogens is 182 g/mol. The molecule has 1 nitrogen and oxygen atoms in total. The van der Waals surface area contributed by atoms with Crippen LogP contribution in [-0.2, 0) is 5.41 Å². The van der Waals surface area contributed by atoms with Crippen molar-refractivity contribution in [3.05, 3.63) is 35.9 Å². The third kappa shape index (κ3) is 1.81. The molecule has 1 aromatic rings. The summed E-state index contributed by atoms with van der Waals surface area (Å²) in [5.41, 5.74) is 1.93. The van der Waals surface area contributed by atoms with Gasteiger partial charge in [-0.3, -0.25) is 0 Å². The minimum atomic E-state index is 0.421. The summed E-state index contributed by atoms with van der Waals surface area (Å²) in [4.78, 5) is 0. The molecule has 1 aromatic carbocycles. The molecule has 1 unspecified atom stereocenters. The Labute approximate surface area is 92.9 Å². The molecule has 1 N–H and O–H groups in total. The molecule has 1 atom stereocenters.